The molecule has 1 atom stereocenters. The van der Waals surface area contributed by atoms with Gasteiger partial charge in [-0.2, -0.15) is 5.10 Å². The first kappa shape index (κ1) is 21.5. The predicted molar refractivity (Wildman–Crippen MR) is 131 cm³/mol. The van der Waals surface area contributed by atoms with Gasteiger partial charge >= 0.3 is 0 Å². The number of hydrogen-bond donors (Lipinski definition) is 1. The number of fused-ring (bicyclic) bond motifs is 2. The summed E-state index contributed by atoms with van der Waals surface area (Å²) in [5, 5.41) is 8.50. The molecule has 1 unspecified atom stereocenters. The molecule has 0 bridgehead atoms. The molecule has 0 saturated carbocycles. The van der Waals surface area contributed by atoms with Crippen molar-refractivity contribution in [2.75, 3.05) is 11.1 Å². The average Bonchev–Trinajstić information content (AvgIpc) is 3.39. The lowest BCUT2D eigenvalue weighted by atomic mass is 10.1. The van der Waals surface area contributed by atoms with Crippen LogP contribution < -0.4 is 10.9 Å². The summed E-state index contributed by atoms with van der Waals surface area (Å²) in [6.07, 6.45) is 2.75. The topological polar surface area (TPSA) is 81.8 Å². The zero-order valence-electron chi connectivity index (χ0n) is 18.8. The van der Waals surface area contributed by atoms with Crippen LogP contribution in [0.1, 0.15) is 36.1 Å². The molecule has 2 aromatic carbocycles. The summed E-state index contributed by atoms with van der Waals surface area (Å²) in [6.45, 7) is 6.16. The number of benzene rings is 2. The second-order valence-corrected chi connectivity index (χ2v) is 9.41. The second kappa shape index (κ2) is 8.51. The van der Waals surface area contributed by atoms with Crippen molar-refractivity contribution >= 4 is 34.4 Å². The molecule has 8 heteroatoms. The van der Waals surface area contributed by atoms with E-state index >= 15 is 0 Å². The number of rotatable bonds is 5. The summed E-state index contributed by atoms with van der Waals surface area (Å²) in [5.74, 6) is 0.518. The molecule has 1 aliphatic rings. The van der Waals surface area contributed by atoms with E-state index < -0.39 is 0 Å². The van der Waals surface area contributed by atoms with Crippen molar-refractivity contribution in [3.63, 3.8) is 0 Å². The van der Waals surface area contributed by atoms with E-state index in [2.05, 4.69) is 23.4 Å². The van der Waals surface area contributed by atoms with Gasteiger partial charge in [0.1, 0.15) is 5.39 Å². The first-order chi connectivity index (χ1) is 15.9. The van der Waals surface area contributed by atoms with Crippen molar-refractivity contribution in [1.82, 2.24) is 19.3 Å². The molecule has 0 radical (unpaired) electrons. The lowest BCUT2D eigenvalue weighted by Crippen LogP contribution is -2.27. The molecule has 0 spiro atoms. The van der Waals surface area contributed by atoms with Crippen LogP contribution in [0.4, 0.5) is 5.69 Å². The van der Waals surface area contributed by atoms with Crippen molar-refractivity contribution in [3.05, 3.63) is 75.7 Å². The van der Waals surface area contributed by atoms with Gasteiger partial charge in [-0.15, -0.1) is 0 Å². The quantitative estimate of drug-likeness (QED) is 0.446. The standard InChI is InChI=1S/C25H25N5O2S/c1-4-17-6-8-18(9-7-17)27-22(31)12-19-14-33-25-28-23-20(24(32)29(19)25)13-26-30(23)21-10-5-15(2)11-16(21)3/h5-11,13,19H,4,12,14H2,1-3H3,(H,27,31). The molecule has 2 aromatic heterocycles. The smallest absolute Gasteiger partial charge is 0.265 e. The van der Waals surface area contributed by atoms with Gasteiger partial charge in [0.25, 0.3) is 5.56 Å². The van der Waals surface area contributed by atoms with Crippen molar-refractivity contribution in [1.29, 1.82) is 0 Å². The van der Waals surface area contributed by atoms with E-state index in [4.69, 9.17) is 4.98 Å². The van der Waals surface area contributed by atoms with Gasteiger partial charge in [0, 0.05) is 17.9 Å². The van der Waals surface area contributed by atoms with Crippen LogP contribution in [0.2, 0.25) is 0 Å². The van der Waals surface area contributed by atoms with Crippen LogP contribution in [0.15, 0.2) is 58.6 Å². The third-order valence-corrected chi connectivity index (χ3v) is 7.12. The Bertz CT molecular complexity index is 1420. The summed E-state index contributed by atoms with van der Waals surface area (Å²) >= 11 is 1.50. The van der Waals surface area contributed by atoms with Gasteiger partial charge < -0.3 is 5.32 Å². The van der Waals surface area contributed by atoms with Crippen molar-refractivity contribution in [2.24, 2.45) is 0 Å². The molecule has 5 rings (SSSR count). The number of hydrogen-bond acceptors (Lipinski definition) is 5. The van der Waals surface area contributed by atoms with Gasteiger partial charge in [-0.1, -0.05) is 48.5 Å². The fourth-order valence-corrected chi connectivity index (χ4v) is 5.38. The van der Waals surface area contributed by atoms with Gasteiger partial charge in [-0.05, 0) is 49.6 Å². The monoisotopic (exact) mass is 459 g/mol. The molecule has 1 N–H and O–H groups in total. The molecular weight excluding hydrogens is 434 g/mol. The third kappa shape index (κ3) is 3.95. The van der Waals surface area contributed by atoms with Gasteiger partial charge in [-0.25, -0.2) is 9.67 Å². The fraction of sp³-hybridized carbons (Fsp3) is 0.280. The molecule has 1 aliphatic heterocycles. The normalized spacial score (nSPS) is 15.1. The van der Waals surface area contributed by atoms with Crippen LogP contribution in [0.5, 0.6) is 0 Å². The Balaban J connectivity index is 1.43. The van der Waals surface area contributed by atoms with Crippen molar-refractivity contribution < 1.29 is 4.79 Å². The second-order valence-electron chi connectivity index (χ2n) is 8.42. The molecule has 3 heterocycles. The molecule has 0 aliphatic carbocycles. The summed E-state index contributed by atoms with van der Waals surface area (Å²) in [5.41, 5.74) is 5.51. The summed E-state index contributed by atoms with van der Waals surface area (Å²) in [7, 11) is 0. The Hall–Kier alpha value is -3.39. The predicted octanol–water partition coefficient (Wildman–Crippen LogP) is 4.44. The van der Waals surface area contributed by atoms with Gasteiger partial charge in [0.2, 0.25) is 5.91 Å². The minimum absolute atomic E-state index is 0.115. The average molecular weight is 460 g/mol. The van der Waals surface area contributed by atoms with E-state index in [0.29, 0.717) is 21.9 Å². The Morgan fingerprint density at radius 1 is 1.18 bits per heavy atom. The Morgan fingerprint density at radius 2 is 1.97 bits per heavy atom. The lowest BCUT2D eigenvalue weighted by molar-refractivity contribution is -0.116. The largest absolute Gasteiger partial charge is 0.326 e. The molecule has 33 heavy (non-hydrogen) atoms. The van der Waals surface area contributed by atoms with E-state index in [1.807, 2.05) is 50.2 Å². The van der Waals surface area contributed by atoms with E-state index in [9.17, 15) is 9.59 Å². The first-order valence-electron chi connectivity index (χ1n) is 11.0. The van der Waals surface area contributed by atoms with Crippen LogP contribution in [0.25, 0.3) is 16.7 Å². The SMILES string of the molecule is CCc1ccc(NC(=O)CC2CSc3nc4c(cnn4-c4ccc(C)cc4C)c(=O)n32)cc1. The van der Waals surface area contributed by atoms with Gasteiger partial charge in [0.15, 0.2) is 10.8 Å². The van der Waals surface area contributed by atoms with E-state index in [1.54, 1.807) is 15.4 Å². The molecule has 168 valence electrons. The van der Waals surface area contributed by atoms with Crippen LogP contribution >= 0.6 is 11.8 Å². The summed E-state index contributed by atoms with van der Waals surface area (Å²) in [4.78, 5) is 30.8. The number of amides is 1. The maximum absolute atomic E-state index is 13.3. The number of aryl methyl sites for hydroxylation is 3. The maximum Gasteiger partial charge on any atom is 0.265 e. The molecule has 7 nitrogen and oxygen atoms in total. The molecule has 0 saturated heterocycles. The number of carbonyl (C=O) groups is 1. The summed E-state index contributed by atoms with van der Waals surface area (Å²) in [6, 6.07) is 13.7. The lowest BCUT2D eigenvalue weighted by Gasteiger charge is -2.14. The van der Waals surface area contributed by atoms with Gasteiger partial charge in [0.05, 0.1) is 17.9 Å². The van der Waals surface area contributed by atoms with E-state index in [-0.39, 0.29) is 23.9 Å². The van der Waals surface area contributed by atoms with Crippen molar-refractivity contribution in [2.45, 2.75) is 44.8 Å². The summed E-state index contributed by atoms with van der Waals surface area (Å²) < 4.78 is 3.38. The van der Waals surface area contributed by atoms with Crippen LogP contribution in [-0.4, -0.2) is 31.0 Å². The maximum atomic E-state index is 13.3. The molecule has 1 amide bonds. The molecule has 0 fully saturated rings. The molecule has 4 aromatic rings. The minimum atomic E-state index is -0.242. The first-order valence-corrected chi connectivity index (χ1v) is 12.0. The van der Waals surface area contributed by atoms with E-state index in [0.717, 1.165) is 23.4 Å². The highest BCUT2D eigenvalue weighted by Crippen LogP contribution is 2.33. The fourth-order valence-electron chi connectivity index (χ4n) is 4.25. The number of anilines is 1. The van der Waals surface area contributed by atoms with Gasteiger partial charge in [-0.3, -0.25) is 14.2 Å². The highest BCUT2D eigenvalue weighted by atomic mass is 32.2. The Kier molecular flexibility index (Phi) is 5.54. The Labute approximate surface area is 195 Å². The number of nitrogens with one attached hydrogen (secondary N) is 1. The zero-order chi connectivity index (χ0) is 23.1. The number of thioether (sulfide) groups is 1. The zero-order valence-corrected chi connectivity index (χ0v) is 19.6. The third-order valence-electron chi connectivity index (χ3n) is 6.02. The minimum Gasteiger partial charge on any atom is -0.326 e. The number of aromatic nitrogens is 4. The van der Waals surface area contributed by atoms with Crippen molar-refractivity contribution in [3.8, 4) is 5.69 Å². The number of nitrogens with zero attached hydrogens (tertiary/aromatic N) is 4. The van der Waals surface area contributed by atoms with Crippen LogP contribution in [0, 0.1) is 13.8 Å². The van der Waals surface area contributed by atoms with Crippen LogP contribution in [-0.2, 0) is 11.2 Å². The van der Waals surface area contributed by atoms with Crippen LogP contribution in [0.3, 0.4) is 0 Å². The van der Waals surface area contributed by atoms with E-state index in [1.165, 1.54) is 22.9 Å². The Morgan fingerprint density at radius 3 is 2.70 bits per heavy atom. The number of carbonyl (C=O) groups excluding carboxylic acids is 1. The highest BCUT2D eigenvalue weighted by Gasteiger charge is 2.29. The molecular formula is C25H25N5O2S. The highest BCUT2D eigenvalue weighted by molar-refractivity contribution is 7.99.